The monoisotopic (exact) mass is 448 g/mol. The third-order valence-corrected chi connectivity index (χ3v) is 5.61. The molecule has 0 aliphatic rings. The number of nitriles is 1. The second-order valence-electron chi connectivity index (χ2n) is 7.12. The van der Waals surface area contributed by atoms with E-state index in [9.17, 15) is 9.59 Å². The standard InChI is InChI=1S/C23H24N6O2S/c24-11-10-16-4-7-18(8-5-16)21(30)28-20(22(31)26-13-12-25)9-6-17-2-1-3-19(14-17)23-29-27-15-32-23/h1-5,7-8,14-15,20H,6,9-11,13,24H2,(H,26,31)(H,28,30)/t20-/m0/s1. The topological polar surface area (TPSA) is 134 Å². The van der Waals surface area contributed by atoms with E-state index in [1.807, 2.05) is 42.5 Å². The van der Waals surface area contributed by atoms with Gasteiger partial charge in [0.1, 0.15) is 23.1 Å². The fraction of sp³-hybridized carbons (Fsp3) is 0.261. The Kier molecular flexibility index (Phi) is 8.43. The molecule has 1 aromatic heterocycles. The van der Waals surface area contributed by atoms with Crippen LogP contribution in [-0.2, 0) is 17.6 Å². The lowest BCUT2D eigenvalue weighted by Gasteiger charge is -2.18. The smallest absolute Gasteiger partial charge is 0.251 e. The summed E-state index contributed by atoms with van der Waals surface area (Å²) in [7, 11) is 0. The van der Waals surface area contributed by atoms with Gasteiger partial charge in [-0.1, -0.05) is 41.7 Å². The molecule has 0 saturated heterocycles. The van der Waals surface area contributed by atoms with Gasteiger partial charge in [-0.3, -0.25) is 9.59 Å². The lowest BCUT2D eigenvalue weighted by atomic mass is 10.0. The number of aryl methyl sites for hydroxylation is 1. The molecular formula is C23H24N6O2S. The summed E-state index contributed by atoms with van der Waals surface area (Å²) < 4.78 is 0. The van der Waals surface area contributed by atoms with E-state index >= 15 is 0 Å². The van der Waals surface area contributed by atoms with Gasteiger partial charge in [-0.05, 0) is 55.1 Å². The van der Waals surface area contributed by atoms with E-state index in [2.05, 4.69) is 20.8 Å². The highest BCUT2D eigenvalue weighted by Crippen LogP contribution is 2.22. The number of amides is 2. The summed E-state index contributed by atoms with van der Waals surface area (Å²) in [5, 5.41) is 22.9. The number of nitrogens with two attached hydrogens (primary N) is 1. The molecule has 8 nitrogen and oxygen atoms in total. The summed E-state index contributed by atoms with van der Waals surface area (Å²) in [6, 6.07) is 16.1. The van der Waals surface area contributed by atoms with E-state index in [4.69, 9.17) is 11.0 Å². The molecule has 32 heavy (non-hydrogen) atoms. The summed E-state index contributed by atoms with van der Waals surface area (Å²) in [6.45, 7) is 0.415. The Labute approximate surface area is 190 Å². The maximum absolute atomic E-state index is 12.7. The fourth-order valence-electron chi connectivity index (χ4n) is 3.22. The highest BCUT2D eigenvalue weighted by Gasteiger charge is 2.21. The highest BCUT2D eigenvalue weighted by molar-refractivity contribution is 7.12. The number of rotatable bonds is 10. The number of carbonyl (C=O) groups is 2. The highest BCUT2D eigenvalue weighted by atomic mass is 32.1. The third-order valence-electron chi connectivity index (χ3n) is 4.87. The molecule has 0 saturated carbocycles. The first-order valence-electron chi connectivity index (χ1n) is 10.2. The molecule has 0 bridgehead atoms. The van der Waals surface area contributed by atoms with E-state index in [1.165, 1.54) is 11.3 Å². The largest absolute Gasteiger partial charge is 0.341 e. The SMILES string of the molecule is N#CCNC(=O)[C@H](CCc1cccc(-c2nncs2)c1)NC(=O)c1ccc(CCN)cc1. The van der Waals surface area contributed by atoms with Crippen molar-refractivity contribution in [3.05, 3.63) is 70.7 Å². The molecule has 0 radical (unpaired) electrons. The Morgan fingerprint density at radius 2 is 1.94 bits per heavy atom. The van der Waals surface area contributed by atoms with Crippen molar-refractivity contribution in [2.24, 2.45) is 5.73 Å². The van der Waals surface area contributed by atoms with Crippen LogP contribution in [0.3, 0.4) is 0 Å². The van der Waals surface area contributed by atoms with Gasteiger partial charge in [-0.2, -0.15) is 5.26 Å². The van der Waals surface area contributed by atoms with Crippen LogP contribution in [0.5, 0.6) is 0 Å². The Morgan fingerprint density at radius 3 is 2.62 bits per heavy atom. The molecule has 3 aromatic rings. The van der Waals surface area contributed by atoms with Crippen LogP contribution >= 0.6 is 11.3 Å². The number of hydrogen-bond donors (Lipinski definition) is 3. The van der Waals surface area contributed by atoms with Gasteiger partial charge in [0.2, 0.25) is 5.91 Å². The van der Waals surface area contributed by atoms with Crippen LogP contribution in [-0.4, -0.2) is 41.1 Å². The average molecular weight is 449 g/mol. The molecule has 0 spiro atoms. The van der Waals surface area contributed by atoms with Gasteiger partial charge in [-0.15, -0.1) is 10.2 Å². The number of aromatic nitrogens is 2. The van der Waals surface area contributed by atoms with Crippen molar-refractivity contribution in [1.29, 1.82) is 5.26 Å². The minimum absolute atomic E-state index is 0.120. The molecule has 1 heterocycles. The molecule has 2 aromatic carbocycles. The van der Waals surface area contributed by atoms with Crippen molar-refractivity contribution in [2.75, 3.05) is 13.1 Å². The molecule has 0 aliphatic carbocycles. The van der Waals surface area contributed by atoms with Crippen molar-refractivity contribution in [2.45, 2.75) is 25.3 Å². The van der Waals surface area contributed by atoms with Crippen LogP contribution in [0.25, 0.3) is 10.6 Å². The Hall–Kier alpha value is -3.61. The lowest BCUT2D eigenvalue weighted by molar-refractivity contribution is -0.122. The van der Waals surface area contributed by atoms with Crippen LogP contribution in [0.15, 0.2) is 54.0 Å². The fourth-order valence-corrected chi connectivity index (χ4v) is 3.77. The van der Waals surface area contributed by atoms with Crippen molar-refractivity contribution < 1.29 is 9.59 Å². The van der Waals surface area contributed by atoms with Gasteiger partial charge >= 0.3 is 0 Å². The predicted molar refractivity (Wildman–Crippen MR) is 123 cm³/mol. The third kappa shape index (κ3) is 6.44. The van der Waals surface area contributed by atoms with Gasteiger partial charge in [0.15, 0.2) is 0 Å². The minimum Gasteiger partial charge on any atom is -0.341 e. The van der Waals surface area contributed by atoms with Crippen molar-refractivity contribution in [1.82, 2.24) is 20.8 Å². The molecule has 2 amide bonds. The number of nitrogens with zero attached hydrogens (tertiary/aromatic N) is 3. The quantitative estimate of drug-likeness (QED) is 0.407. The second kappa shape index (κ2) is 11.7. The lowest BCUT2D eigenvalue weighted by Crippen LogP contribution is -2.47. The molecule has 0 unspecified atom stereocenters. The maximum atomic E-state index is 12.7. The van der Waals surface area contributed by atoms with Crippen LogP contribution < -0.4 is 16.4 Å². The number of hydrogen-bond acceptors (Lipinski definition) is 7. The van der Waals surface area contributed by atoms with Crippen LogP contribution in [0.2, 0.25) is 0 Å². The summed E-state index contributed by atoms with van der Waals surface area (Å²) in [5.41, 5.74) is 10.7. The Bertz CT molecular complexity index is 1080. The molecule has 1 atom stereocenters. The molecule has 164 valence electrons. The first-order valence-corrected chi connectivity index (χ1v) is 11.1. The van der Waals surface area contributed by atoms with Crippen molar-refractivity contribution >= 4 is 23.2 Å². The molecule has 0 fully saturated rings. The predicted octanol–water partition coefficient (Wildman–Crippen LogP) is 2.08. The van der Waals surface area contributed by atoms with Crippen molar-refractivity contribution in [3.8, 4) is 16.6 Å². The molecule has 4 N–H and O–H groups in total. The van der Waals surface area contributed by atoms with Crippen molar-refractivity contribution in [3.63, 3.8) is 0 Å². The second-order valence-corrected chi connectivity index (χ2v) is 7.95. The Morgan fingerprint density at radius 1 is 1.12 bits per heavy atom. The molecular weight excluding hydrogens is 424 g/mol. The maximum Gasteiger partial charge on any atom is 0.251 e. The van der Waals surface area contributed by atoms with Crippen LogP contribution in [0.1, 0.15) is 27.9 Å². The molecule has 9 heteroatoms. The normalized spacial score (nSPS) is 11.4. The van der Waals surface area contributed by atoms with E-state index in [1.54, 1.807) is 17.6 Å². The van der Waals surface area contributed by atoms with E-state index in [0.29, 0.717) is 24.9 Å². The van der Waals surface area contributed by atoms with E-state index < -0.39 is 6.04 Å². The van der Waals surface area contributed by atoms with Gasteiger partial charge < -0.3 is 16.4 Å². The van der Waals surface area contributed by atoms with Gasteiger partial charge in [0.05, 0.1) is 6.07 Å². The average Bonchev–Trinajstić information content (AvgIpc) is 3.36. The van der Waals surface area contributed by atoms with Gasteiger partial charge in [-0.25, -0.2) is 0 Å². The minimum atomic E-state index is -0.773. The zero-order valence-electron chi connectivity index (χ0n) is 17.5. The van der Waals surface area contributed by atoms with E-state index in [-0.39, 0.29) is 18.4 Å². The number of nitrogens with one attached hydrogen (secondary N) is 2. The zero-order valence-corrected chi connectivity index (χ0v) is 18.3. The van der Waals surface area contributed by atoms with E-state index in [0.717, 1.165) is 28.1 Å². The van der Waals surface area contributed by atoms with Gasteiger partial charge in [0, 0.05) is 11.1 Å². The Balaban J connectivity index is 1.69. The number of carbonyl (C=O) groups excluding carboxylic acids is 2. The summed E-state index contributed by atoms with van der Waals surface area (Å²) in [5.74, 6) is -0.732. The first kappa shape index (κ1) is 23.1. The van der Waals surface area contributed by atoms with Crippen LogP contribution in [0.4, 0.5) is 0 Å². The first-order chi connectivity index (χ1) is 15.6. The number of benzene rings is 2. The molecule has 3 rings (SSSR count). The van der Waals surface area contributed by atoms with Gasteiger partial charge in [0.25, 0.3) is 5.91 Å². The zero-order chi connectivity index (χ0) is 22.8. The molecule has 0 aliphatic heterocycles. The summed E-state index contributed by atoms with van der Waals surface area (Å²) in [6.07, 6.45) is 1.68. The van der Waals surface area contributed by atoms with Crippen LogP contribution in [0, 0.1) is 11.3 Å². The summed E-state index contributed by atoms with van der Waals surface area (Å²) in [4.78, 5) is 25.3. The summed E-state index contributed by atoms with van der Waals surface area (Å²) >= 11 is 1.45.